The SMILES string of the molecule is CCC(C)CN=CC1C(=O)Nc2ccc(S(=O)(=O)N(CC(C)C)CC(O)CCc3ccccc3)cc21. The van der Waals surface area contributed by atoms with Crippen molar-refractivity contribution in [3.63, 3.8) is 0 Å². The summed E-state index contributed by atoms with van der Waals surface area (Å²) >= 11 is 0. The van der Waals surface area contributed by atoms with Crippen LogP contribution in [0.25, 0.3) is 0 Å². The fraction of sp³-hybridized carbons (Fsp3) is 0.500. The van der Waals surface area contributed by atoms with E-state index in [1.807, 2.05) is 44.2 Å². The first-order valence-corrected chi connectivity index (χ1v) is 14.2. The van der Waals surface area contributed by atoms with Gasteiger partial charge >= 0.3 is 0 Å². The summed E-state index contributed by atoms with van der Waals surface area (Å²) in [5.74, 6) is -0.328. The van der Waals surface area contributed by atoms with Gasteiger partial charge in [-0.25, -0.2) is 8.42 Å². The minimum atomic E-state index is -3.88. The molecule has 3 unspecified atom stereocenters. The van der Waals surface area contributed by atoms with E-state index >= 15 is 0 Å². The zero-order valence-corrected chi connectivity index (χ0v) is 22.5. The molecule has 0 spiro atoms. The molecule has 0 radical (unpaired) electrons. The molecule has 1 aliphatic heterocycles. The van der Waals surface area contributed by atoms with Gasteiger partial charge in [0.05, 0.1) is 11.0 Å². The molecule has 36 heavy (non-hydrogen) atoms. The van der Waals surface area contributed by atoms with Gasteiger partial charge in [-0.3, -0.25) is 9.79 Å². The summed E-state index contributed by atoms with van der Waals surface area (Å²) in [5, 5.41) is 13.5. The lowest BCUT2D eigenvalue weighted by molar-refractivity contribution is -0.115. The van der Waals surface area contributed by atoms with Crippen molar-refractivity contribution in [2.24, 2.45) is 16.8 Å². The van der Waals surface area contributed by atoms with Crippen molar-refractivity contribution in [1.82, 2.24) is 4.31 Å². The number of rotatable bonds is 13. The van der Waals surface area contributed by atoms with Crippen LogP contribution in [0, 0.1) is 11.8 Å². The number of aliphatic hydroxyl groups is 1. The van der Waals surface area contributed by atoms with Gasteiger partial charge in [-0.15, -0.1) is 0 Å². The number of benzene rings is 2. The van der Waals surface area contributed by atoms with Crippen LogP contribution in [0.1, 0.15) is 57.6 Å². The van der Waals surface area contributed by atoms with E-state index in [-0.39, 0.29) is 23.3 Å². The molecule has 0 aliphatic carbocycles. The van der Waals surface area contributed by atoms with Crippen molar-refractivity contribution in [1.29, 1.82) is 0 Å². The van der Waals surface area contributed by atoms with Gasteiger partial charge in [0.25, 0.3) is 0 Å². The van der Waals surface area contributed by atoms with Gasteiger partial charge in [0.15, 0.2) is 0 Å². The van der Waals surface area contributed by atoms with Crippen LogP contribution in [0.5, 0.6) is 0 Å². The maximum atomic E-state index is 13.7. The average molecular weight is 514 g/mol. The molecule has 8 heteroatoms. The maximum Gasteiger partial charge on any atom is 0.243 e. The number of carbonyl (C=O) groups is 1. The number of anilines is 1. The van der Waals surface area contributed by atoms with E-state index in [0.717, 1.165) is 12.0 Å². The summed E-state index contributed by atoms with van der Waals surface area (Å²) in [6.45, 7) is 9.03. The molecule has 7 nitrogen and oxygen atoms in total. The van der Waals surface area contributed by atoms with E-state index in [4.69, 9.17) is 0 Å². The van der Waals surface area contributed by atoms with Crippen LogP contribution in [0.3, 0.4) is 0 Å². The molecular weight excluding hydrogens is 474 g/mol. The molecule has 0 fully saturated rings. The number of aryl methyl sites for hydroxylation is 1. The first-order valence-electron chi connectivity index (χ1n) is 12.8. The van der Waals surface area contributed by atoms with Crippen molar-refractivity contribution >= 4 is 27.8 Å². The third-order valence-electron chi connectivity index (χ3n) is 6.50. The Bertz CT molecular complexity index is 1150. The van der Waals surface area contributed by atoms with Crippen molar-refractivity contribution < 1.29 is 18.3 Å². The molecule has 1 aliphatic rings. The first kappa shape index (κ1) is 28.0. The Morgan fingerprint density at radius 2 is 1.83 bits per heavy atom. The van der Waals surface area contributed by atoms with E-state index < -0.39 is 22.0 Å². The summed E-state index contributed by atoms with van der Waals surface area (Å²) in [4.78, 5) is 17.1. The topological polar surface area (TPSA) is 99.1 Å². The Kier molecular flexibility index (Phi) is 9.82. The summed E-state index contributed by atoms with van der Waals surface area (Å²) in [6, 6.07) is 14.6. The molecule has 3 rings (SSSR count). The molecule has 3 atom stereocenters. The molecule has 2 aromatic carbocycles. The minimum absolute atomic E-state index is 0.0153. The van der Waals surface area contributed by atoms with Gasteiger partial charge in [0, 0.05) is 31.5 Å². The highest BCUT2D eigenvalue weighted by atomic mass is 32.2. The van der Waals surface area contributed by atoms with Gasteiger partial charge in [-0.05, 0) is 54.0 Å². The molecule has 0 aromatic heterocycles. The van der Waals surface area contributed by atoms with Crippen molar-refractivity contribution in [2.75, 3.05) is 25.0 Å². The lowest BCUT2D eigenvalue weighted by Crippen LogP contribution is -2.40. The summed E-state index contributed by atoms with van der Waals surface area (Å²) in [6.07, 6.45) is 2.96. The molecule has 2 N–H and O–H groups in total. The van der Waals surface area contributed by atoms with Gasteiger partial charge in [-0.1, -0.05) is 64.4 Å². The van der Waals surface area contributed by atoms with Gasteiger partial charge in [-0.2, -0.15) is 4.31 Å². The fourth-order valence-electron chi connectivity index (χ4n) is 4.18. The Hall–Kier alpha value is -2.55. The van der Waals surface area contributed by atoms with Crippen LogP contribution in [0.2, 0.25) is 0 Å². The Morgan fingerprint density at radius 1 is 1.11 bits per heavy atom. The van der Waals surface area contributed by atoms with E-state index in [1.165, 1.54) is 10.4 Å². The number of aliphatic hydroxyl groups excluding tert-OH is 1. The average Bonchev–Trinajstić information content (AvgIpc) is 3.16. The van der Waals surface area contributed by atoms with Gasteiger partial charge in [0.1, 0.15) is 5.92 Å². The molecule has 0 saturated carbocycles. The van der Waals surface area contributed by atoms with E-state index in [9.17, 15) is 18.3 Å². The van der Waals surface area contributed by atoms with Crippen LogP contribution in [-0.2, 0) is 21.2 Å². The number of nitrogens with one attached hydrogen (secondary N) is 1. The predicted octanol–water partition coefficient (Wildman–Crippen LogP) is 4.48. The molecule has 2 aromatic rings. The second-order valence-electron chi connectivity index (χ2n) is 10.1. The molecule has 0 bridgehead atoms. The van der Waals surface area contributed by atoms with Crippen LogP contribution in [0.15, 0.2) is 58.4 Å². The van der Waals surface area contributed by atoms with Gasteiger partial charge < -0.3 is 10.4 Å². The molecular formula is C28H39N3O4S. The summed E-state index contributed by atoms with van der Waals surface area (Å²) in [7, 11) is -3.88. The first-order chi connectivity index (χ1) is 17.1. The number of nitrogens with zero attached hydrogens (tertiary/aromatic N) is 2. The van der Waals surface area contributed by atoms with Crippen LogP contribution < -0.4 is 5.32 Å². The molecule has 1 heterocycles. The lowest BCUT2D eigenvalue weighted by Gasteiger charge is -2.26. The molecule has 1 amide bonds. The number of hydrogen-bond acceptors (Lipinski definition) is 5. The zero-order valence-electron chi connectivity index (χ0n) is 21.7. The minimum Gasteiger partial charge on any atom is -0.392 e. The Labute approximate surface area is 215 Å². The van der Waals surface area contributed by atoms with E-state index in [1.54, 1.807) is 18.3 Å². The van der Waals surface area contributed by atoms with Crippen LogP contribution in [0.4, 0.5) is 5.69 Å². The molecule has 196 valence electrons. The highest BCUT2D eigenvalue weighted by Gasteiger charge is 2.33. The summed E-state index contributed by atoms with van der Waals surface area (Å²) < 4.78 is 28.7. The van der Waals surface area contributed by atoms with E-state index in [0.29, 0.717) is 43.1 Å². The second kappa shape index (κ2) is 12.6. The Balaban J connectivity index is 1.80. The van der Waals surface area contributed by atoms with Crippen LogP contribution >= 0.6 is 0 Å². The number of sulfonamides is 1. The van der Waals surface area contributed by atoms with Crippen molar-refractivity contribution in [3.8, 4) is 0 Å². The zero-order chi connectivity index (χ0) is 26.3. The standard InChI is InChI=1S/C28H39N3O4S/c1-5-21(4)16-29-17-26-25-15-24(13-14-27(25)30-28(26)33)36(34,35)31(18-20(2)3)19-23(32)12-11-22-9-7-6-8-10-22/h6-10,13-15,17,20-21,23,26,32H,5,11-12,16,18-19H2,1-4H3,(H,30,33). The second-order valence-corrected chi connectivity index (χ2v) is 12.1. The summed E-state index contributed by atoms with van der Waals surface area (Å²) in [5.41, 5.74) is 2.33. The third-order valence-corrected chi connectivity index (χ3v) is 8.32. The highest BCUT2D eigenvalue weighted by molar-refractivity contribution is 7.89. The number of hydrogen-bond donors (Lipinski definition) is 2. The fourth-order valence-corrected chi connectivity index (χ4v) is 5.86. The number of carbonyl (C=O) groups excluding carboxylic acids is 1. The quantitative estimate of drug-likeness (QED) is 0.386. The number of aliphatic imine (C=N–C) groups is 1. The monoisotopic (exact) mass is 513 g/mol. The van der Waals surface area contributed by atoms with Crippen molar-refractivity contribution in [2.45, 2.75) is 63.9 Å². The highest BCUT2D eigenvalue weighted by Crippen LogP contribution is 2.34. The van der Waals surface area contributed by atoms with E-state index in [2.05, 4.69) is 24.2 Å². The lowest BCUT2D eigenvalue weighted by atomic mass is 10.0. The normalized spacial score (nSPS) is 17.5. The predicted molar refractivity (Wildman–Crippen MR) is 145 cm³/mol. The Morgan fingerprint density at radius 3 is 2.50 bits per heavy atom. The van der Waals surface area contributed by atoms with Gasteiger partial charge in [0.2, 0.25) is 15.9 Å². The maximum absolute atomic E-state index is 13.7. The van der Waals surface area contributed by atoms with Crippen molar-refractivity contribution in [3.05, 3.63) is 59.7 Å². The largest absolute Gasteiger partial charge is 0.392 e. The van der Waals surface area contributed by atoms with Crippen LogP contribution in [-0.4, -0.2) is 55.7 Å². The molecule has 0 saturated heterocycles. The smallest absolute Gasteiger partial charge is 0.243 e. The number of amides is 1. The third kappa shape index (κ3) is 7.24. The number of fused-ring (bicyclic) bond motifs is 1.